The van der Waals surface area contributed by atoms with Crippen LogP contribution in [0.3, 0.4) is 0 Å². The van der Waals surface area contributed by atoms with Crippen LogP contribution in [0.1, 0.15) is 34.1 Å². The zero-order chi connectivity index (χ0) is 19.0. The summed E-state index contributed by atoms with van der Waals surface area (Å²) >= 11 is 0. The maximum Gasteiger partial charge on any atom is 0.129 e. The minimum atomic E-state index is 0.0727. The first-order valence-corrected chi connectivity index (χ1v) is 8.96. The molecule has 1 aliphatic heterocycles. The van der Waals surface area contributed by atoms with E-state index in [-0.39, 0.29) is 23.3 Å². The van der Waals surface area contributed by atoms with Gasteiger partial charge in [-0.3, -0.25) is 0 Å². The van der Waals surface area contributed by atoms with Crippen LogP contribution in [0.25, 0.3) is 0 Å². The molecule has 0 saturated carbocycles. The molecule has 0 aromatic heterocycles. The minimum Gasteiger partial charge on any atom is -0.508 e. The zero-order valence-corrected chi connectivity index (χ0v) is 15.3. The van der Waals surface area contributed by atoms with E-state index in [1.165, 1.54) is 0 Å². The number of fused-ring (bicyclic) bond motifs is 1. The third-order valence-corrected chi connectivity index (χ3v) is 5.35. The van der Waals surface area contributed by atoms with Crippen LogP contribution in [0.5, 0.6) is 23.0 Å². The predicted octanol–water partition coefficient (Wildman–Crippen LogP) is 4.72. The van der Waals surface area contributed by atoms with Gasteiger partial charge in [0, 0.05) is 23.0 Å². The maximum absolute atomic E-state index is 10.1. The highest BCUT2D eigenvalue weighted by Gasteiger charge is 2.34. The first-order chi connectivity index (χ1) is 13.1. The number of hydrogen-bond donors (Lipinski definition) is 2. The molecule has 0 bridgehead atoms. The van der Waals surface area contributed by atoms with Crippen LogP contribution in [0.15, 0.2) is 60.7 Å². The van der Waals surface area contributed by atoms with Crippen molar-refractivity contribution in [1.29, 1.82) is 0 Å². The van der Waals surface area contributed by atoms with Crippen LogP contribution in [-0.2, 0) is 0 Å². The SMILES string of the molecule is COc1ccc(C2c3ccc(O)c(C)c3OCC2c2ccc(O)cc2)cc1. The summed E-state index contributed by atoms with van der Waals surface area (Å²) < 4.78 is 11.4. The molecule has 4 heteroatoms. The van der Waals surface area contributed by atoms with Crippen molar-refractivity contribution in [2.45, 2.75) is 18.8 Å². The van der Waals surface area contributed by atoms with E-state index in [9.17, 15) is 10.2 Å². The van der Waals surface area contributed by atoms with Gasteiger partial charge in [0.05, 0.1) is 13.7 Å². The van der Waals surface area contributed by atoms with E-state index in [1.807, 2.05) is 37.3 Å². The second-order valence-electron chi connectivity index (χ2n) is 6.89. The Hall–Kier alpha value is -3.14. The number of rotatable bonds is 3. The molecule has 0 fully saturated rings. The summed E-state index contributed by atoms with van der Waals surface area (Å²) in [5.74, 6) is 2.22. The van der Waals surface area contributed by atoms with Crippen molar-refractivity contribution >= 4 is 0 Å². The Morgan fingerprint density at radius 1 is 0.889 bits per heavy atom. The number of phenolic OH excluding ortho intramolecular Hbond substituents is 2. The van der Waals surface area contributed by atoms with E-state index in [0.717, 1.165) is 33.8 Å². The molecule has 1 heterocycles. The Labute approximate surface area is 158 Å². The smallest absolute Gasteiger partial charge is 0.129 e. The van der Waals surface area contributed by atoms with Gasteiger partial charge in [0.1, 0.15) is 23.0 Å². The van der Waals surface area contributed by atoms with Crippen LogP contribution >= 0.6 is 0 Å². The number of ether oxygens (including phenoxy) is 2. The molecular weight excluding hydrogens is 340 g/mol. The van der Waals surface area contributed by atoms with Crippen LogP contribution < -0.4 is 9.47 Å². The van der Waals surface area contributed by atoms with Crippen molar-refractivity contribution in [1.82, 2.24) is 0 Å². The van der Waals surface area contributed by atoms with E-state index >= 15 is 0 Å². The van der Waals surface area contributed by atoms with E-state index in [4.69, 9.17) is 9.47 Å². The fourth-order valence-corrected chi connectivity index (χ4v) is 3.86. The molecule has 0 amide bonds. The number of hydrogen-bond acceptors (Lipinski definition) is 4. The van der Waals surface area contributed by atoms with Gasteiger partial charge in [0.25, 0.3) is 0 Å². The van der Waals surface area contributed by atoms with Gasteiger partial charge in [-0.05, 0) is 48.4 Å². The quantitative estimate of drug-likeness (QED) is 0.708. The van der Waals surface area contributed by atoms with Crippen molar-refractivity contribution < 1.29 is 19.7 Å². The normalized spacial score (nSPS) is 18.4. The minimum absolute atomic E-state index is 0.0727. The summed E-state index contributed by atoms with van der Waals surface area (Å²) in [6.07, 6.45) is 0. The van der Waals surface area contributed by atoms with Crippen molar-refractivity contribution in [3.05, 3.63) is 82.9 Å². The van der Waals surface area contributed by atoms with Gasteiger partial charge >= 0.3 is 0 Å². The largest absolute Gasteiger partial charge is 0.508 e. The van der Waals surface area contributed by atoms with Gasteiger partial charge < -0.3 is 19.7 Å². The second kappa shape index (κ2) is 6.88. The molecule has 3 aromatic rings. The molecular formula is C23H22O4. The second-order valence-corrected chi connectivity index (χ2v) is 6.89. The highest BCUT2D eigenvalue weighted by molar-refractivity contribution is 5.55. The Kier molecular flexibility index (Phi) is 4.40. The Bertz CT molecular complexity index is 945. The lowest BCUT2D eigenvalue weighted by Crippen LogP contribution is -2.25. The fourth-order valence-electron chi connectivity index (χ4n) is 3.86. The lowest BCUT2D eigenvalue weighted by Gasteiger charge is -2.35. The molecule has 0 radical (unpaired) electrons. The summed E-state index contributed by atoms with van der Waals surface area (Å²) in [5.41, 5.74) is 4.07. The Morgan fingerprint density at radius 2 is 1.56 bits per heavy atom. The van der Waals surface area contributed by atoms with Gasteiger partial charge in [0.2, 0.25) is 0 Å². The summed E-state index contributed by atoms with van der Waals surface area (Å²) in [7, 11) is 1.66. The van der Waals surface area contributed by atoms with E-state index in [2.05, 4.69) is 12.1 Å². The first kappa shape index (κ1) is 17.3. The van der Waals surface area contributed by atoms with E-state index in [0.29, 0.717) is 6.61 Å². The van der Waals surface area contributed by atoms with Crippen molar-refractivity contribution in [2.75, 3.05) is 13.7 Å². The lowest BCUT2D eigenvalue weighted by atomic mass is 9.75. The fraction of sp³-hybridized carbons (Fsp3) is 0.217. The van der Waals surface area contributed by atoms with E-state index < -0.39 is 0 Å². The molecule has 27 heavy (non-hydrogen) atoms. The monoisotopic (exact) mass is 362 g/mol. The summed E-state index contributed by atoms with van der Waals surface area (Å²) in [6.45, 7) is 2.37. The zero-order valence-electron chi connectivity index (χ0n) is 15.3. The molecule has 2 unspecified atom stereocenters. The lowest BCUT2D eigenvalue weighted by molar-refractivity contribution is 0.245. The average molecular weight is 362 g/mol. The third kappa shape index (κ3) is 3.08. The molecule has 4 rings (SSSR count). The van der Waals surface area contributed by atoms with Gasteiger partial charge in [0.15, 0.2) is 0 Å². The number of methoxy groups -OCH3 is 1. The topological polar surface area (TPSA) is 58.9 Å². The van der Waals surface area contributed by atoms with Crippen molar-refractivity contribution in [3.63, 3.8) is 0 Å². The molecule has 138 valence electrons. The predicted molar refractivity (Wildman–Crippen MR) is 104 cm³/mol. The standard InChI is InChI=1S/C23H22O4/c1-14-21(25)12-11-19-22(16-5-9-18(26-2)10-6-16)20(13-27-23(14)19)15-3-7-17(24)8-4-15/h3-12,20,22,24-25H,13H2,1-2H3. The molecule has 0 spiro atoms. The van der Waals surface area contributed by atoms with Gasteiger partial charge in [-0.15, -0.1) is 0 Å². The Morgan fingerprint density at radius 3 is 2.22 bits per heavy atom. The molecule has 2 N–H and O–H groups in total. The highest BCUT2D eigenvalue weighted by Crippen LogP contribution is 2.48. The summed E-state index contributed by atoms with van der Waals surface area (Å²) in [5, 5.41) is 19.7. The van der Waals surface area contributed by atoms with Gasteiger partial charge in [-0.1, -0.05) is 30.3 Å². The number of aromatic hydroxyl groups is 2. The molecule has 0 saturated heterocycles. The van der Waals surface area contributed by atoms with Crippen LogP contribution in [0.4, 0.5) is 0 Å². The van der Waals surface area contributed by atoms with Crippen LogP contribution in [0, 0.1) is 6.92 Å². The average Bonchev–Trinajstić information content (AvgIpc) is 2.71. The van der Waals surface area contributed by atoms with Gasteiger partial charge in [-0.2, -0.15) is 0 Å². The third-order valence-electron chi connectivity index (χ3n) is 5.35. The van der Waals surface area contributed by atoms with Crippen LogP contribution in [-0.4, -0.2) is 23.9 Å². The summed E-state index contributed by atoms with van der Waals surface area (Å²) in [4.78, 5) is 0. The van der Waals surface area contributed by atoms with Crippen molar-refractivity contribution in [3.8, 4) is 23.0 Å². The van der Waals surface area contributed by atoms with Crippen LogP contribution in [0.2, 0.25) is 0 Å². The number of benzene rings is 3. The molecule has 1 aliphatic rings. The summed E-state index contributed by atoms with van der Waals surface area (Å²) in [6, 6.07) is 19.1. The molecule has 2 atom stereocenters. The van der Waals surface area contributed by atoms with Gasteiger partial charge in [-0.25, -0.2) is 0 Å². The maximum atomic E-state index is 10.1. The molecule has 4 nitrogen and oxygen atoms in total. The van der Waals surface area contributed by atoms with Crippen molar-refractivity contribution in [2.24, 2.45) is 0 Å². The molecule has 0 aliphatic carbocycles. The Balaban J connectivity index is 1.85. The highest BCUT2D eigenvalue weighted by atomic mass is 16.5. The van der Waals surface area contributed by atoms with E-state index in [1.54, 1.807) is 25.3 Å². The molecule has 3 aromatic carbocycles. The number of phenols is 2. The first-order valence-electron chi connectivity index (χ1n) is 8.96.